The monoisotopic (exact) mass is 510 g/mol. The van der Waals surface area contributed by atoms with E-state index in [0.717, 1.165) is 45.1 Å². The molecular formula is C29H52NO4S+. The predicted octanol–water partition coefficient (Wildman–Crippen LogP) is 7.75. The molecule has 35 heavy (non-hydrogen) atoms. The van der Waals surface area contributed by atoms with E-state index in [1.165, 1.54) is 77.0 Å². The smallest absolute Gasteiger partial charge is 0.305 e. The summed E-state index contributed by atoms with van der Waals surface area (Å²) in [4.78, 5) is 12.0. The van der Waals surface area contributed by atoms with Crippen molar-refractivity contribution in [2.75, 3.05) is 13.2 Å². The van der Waals surface area contributed by atoms with Crippen molar-refractivity contribution in [2.45, 2.75) is 148 Å². The van der Waals surface area contributed by atoms with Crippen LogP contribution in [0.2, 0.25) is 0 Å². The van der Waals surface area contributed by atoms with Crippen LogP contribution in [0.5, 0.6) is 0 Å². The lowest BCUT2D eigenvalue weighted by molar-refractivity contribution is -0.692. The molecule has 0 spiro atoms. The van der Waals surface area contributed by atoms with Crippen LogP contribution in [0.1, 0.15) is 129 Å². The van der Waals surface area contributed by atoms with E-state index in [1.807, 2.05) is 0 Å². The highest BCUT2D eigenvalue weighted by molar-refractivity contribution is 7.07. The molecule has 1 fully saturated rings. The van der Waals surface area contributed by atoms with Gasteiger partial charge in [-0.2, -0.15) is 4.57 Å². The van der Waals surface area contributed by atoms with Crippen LogP contribution in [-0.4, -0.2) is 31.6 Å². The highest BCUT2D eigenvalue weighted by Gasteiger charge is 2.26. The first-order valence-corrected chi connectivity index (χ1v) is 15.6. The maximum absolute atomic E-state index is 12.0. The molecule has 0 radical (unpaired) electrons. The van der Waals surface area contributed by atoms with Crippen LogP contribution < -0.4 is 4.57 Å². The summed E-state index contributed by atoms with van der Waals surface area (Å²) in [6.45, 7) is 4.20. The fourth-order valence-corrected chi connectivity index (χ4v) is 5.27. The zero-order chi connectivity index (χ0) is 24.8. The van der Waals surface area contributed by atoms with Crippen molar-refractivity contribution < 1.29 is 23.6 Å². The number of carbonyl (C=O) groups is 1. The zero-order valence-corrected chi connectivity index (χ0v) is 23.2. The fraction of sp³-hybridized carbons (Fsp3) is 0.862. The van der Waals surface area contributed by atoms with E-state index < -0.39 is 0 Å². The molecule has 1 aromatic rings. The second-order valence-electron chi connectivity index (χ2n) is 10.2. The highest BCUT2D eigenvalue weighted by atomic mass is 32.1. The summed E-state index contributed by atoms with van der Waals surface area (Å²) >= 11 is 1.72. The molecular weight excluding hydrogens is 458 g/mol. The van der Waals surface area contributed by atoms with E-state index in [-0.39, 0.29) is 18.4 Å². The van der Waals surface area contributed by atoms with Crippen molar-refractivity contribution in [1.29, 1.82) is 0 Å². The van der Waals surface area contributed by atoms with Gasteiger partial charge in [0.05, 0.1) is 12.0 Å². The van der Waals surface area contributed by atoms with Crippen molar-refractivity contribution >= 4 is 17.3 Å². The highest BCUT2D eigenvalue weighted by Crippen LogP contribution is 2.19. The number of unbranched alkanes of at least 4 members (excludes halogenated alkanes) is 15. The number of aryl methyl sites for hydroxylation is 1. The molecule has 2 rings (SSSR count). The number of rotatable bonds is 23. The Morgan fingerprint density at radius 2 is 1.51 bits per heavy atom. The SMILES string of the molecule is CCCCCCCCCCCCCCC[C@H]1OC[C@H](COC(=O)CCCCCC[n+]2ccsc2)O1. The average molecular weight is 511 g/mol. The van der Waals surface area contributed by atoms with Crippen molar-refractivity contribution in [2.24, 2.45) is 0 Å². The van der Waals surface area contributed by atoms with Gasteiger partial charge in [-0.25, -0.2) is 0 Å². The minimum absolute atomic E-state index is 0.103. The lowest BCUT2D eigenvalue weighted by atomic mass is 10.0. The lowest BCUT2D eigenvalue weighted by Crippen LogP contribution is -2.29. The molecule has 5 nitrogen and oxygen atoms in total. The van der Waals surface area contributed by atoms with E-state index in [4.69, 9.17) is 14.2 Å². The molecule has 0 bridgehead atoms. The largest absolute Gasteiger partial charge is 0.463 e. The van der Waals surface area contributed by atoms with Crippen molar-refractivity contribution in [1.82, 2.24) is 0 Å². The zero-order valence-electron chi connectivity index (χ0n) is 22.4. The van der Waals surface area contributed by atoms with Crippen LogP contribution >= 0.6 is 11.3 Å². The summed E-state index contributed by atoms with van der Waals surface area (Å²) in [6.07, 6.45) is 25.3. The topological polar surface area (TPSA) is 48.6 Å². The Balaban J connectivity index is 1.31. The lowest BCUT2D eigenvalue weighted by Gasteiger charge is -2.12. The molecule has 1 aliphatic rings. The van der Waals surface area contributed by atoms with Gasteiger partial charge < -0.3 is 14.2 Å². The Morgan fingerprint density at radius 3 is 2.17 bits per heavy atom. The van der Waals surface area contributed by atoms with Crippen LogP contribution in [0, 0.1) is 0 Å². The van der Waals surface area contributed by atoms with Crippen LogP contribution in [0.3, 0.4) is 0 Å². The van der Waals surface area contributed by atoms with Gasteiger partial charge in [-0.3, -0.25) is 4.79 Å². The normalized spacial score (nSPS) is 17.7. The molecule has 2 atom stereocenters. The summed E-state index contributed by atoms with van der Waals surface area (Å²) in [7, 11) is 0. The van der Waals surface area contributed by atoms with Crippen molar-refractivity contribution in [3.8, 4) is 0 Å². The molecule has 1 saturated heterocycles. The van der Waals surface area contributed by atoms with Crippen LogP contribution in [-0.2, 0) is 25.5 Å². The van der Waals surface area contributed by atoms with Crippen molar-refractivity contribution in [3.63, 3.8) is 0 Å². The second kappa shape index (κ2) is 21.1. The van der Waals surface area contributed by atoms with Crippen molar-refractivity contribution in [3.05, 3.63) is 17.1 Å². The molecule has 202 valence electrons. The molecule has 0 aliphatic carbocycles. The van der Waals surface area contributed by atoms with Gasteiger partial charge in [0, 0.05) is 12.8 Å². The standard InChI is InChI=1S/C29H52NO4S/c1-2-3-4-5-6-7-8-9-10-11-12-13-17-20-29-33-25-27(34-29)24-32-28(31)19-16-14-15-18-21-30-22-23-35-26-30/h22-23,26-27,29H,2-21,24-25H2,1H3/q+1/t27-,29-/m0/s1. The summed E-state index contributed by atoms with van der Waals surface area (Å²) in [5.41, 5.74) is 2.14. The second-order valence-corrected chi connectivity index (χ2v) is 10.9. The predicted molar refractivity (Wildman–Crippen MR) is 143 cm³/mol. The van der Waals surface area contributed by atoms with Gasteiger partial charge in [-0.15, -0.1) is 0 Å². The Hall–Kier alpha value is -0.980. The number of ether oxygens (including phenoxy) is 3. The molecule has 2 heterocycles. The Bertz CT molecular complexity index is 610. The van der Waals surface area contributed by atoms with Gasteiger partial charge in [0.15, 0.2) is 12.5 Å². The summed E-state index contributed by atoms with van der Waals surface area (Å²) in [5, 5.41) is 2.09. The Kier molecular flexibility index (Phi) is 18.3. The fourth-order valence-electron chi connectivity index (χ4n) is 4.64. The molecule has 0 aromatic carbocycles. The summed E-state index contributed by atoms with van der Waals surface area (Å²) < 4.78 is 19.3. The van der Waals surface area contributed by atoms with Gasteiger partial charge in [-0.05, 0) is 25.7 Å². The van der Waals surface area contributed by atoms with Gasteiger partial charge in [0.1, 0.15) is 19.3 Å². The van der Waals surface area contributed by atoms with E-state index in [0.29, 0.717) is 19.6 Å². The van der Waals surface area contributed by atoms with Gasteiger partial charge in [0.2, 0.25) is 5.51 Å². The third-order valence-electron chi connectivity index (χ3n) is 6.86. The number of hydrogen-bond acceptors (Lipinski definition) is 5. The number of nitrogens with zero attached hydrogens (tertiary/aromatic N) is 1. The van der Waals surface area contributed by atoms with Gasteiger partial charge in [0.25, 0.3) is 0 Å². The first-order chi connectivity index (χ1) is 17.3. The third-order valence-corrected chi connectivity index (χ3v) is 7.53. The molecule has 1 aromatic heterocycles. The van der Waals surface area contributed by atoms with Crippen LogP contribution in [0.4, 0.5) is 0 Å². The van der Waals surface area contributed by atoms with Crippen LogP contribution in [0.15, 0.2) is 17.1 Å². The minimum atomic E-state index is -0.118. The van der Waals surface area contributed by atoms with Crippen LogP contribution in [0.25, 0.3) is 0 Å². The number of esters is 1. The first-order valence-electron chi connectivity index (χ1n) is 14.6. The average Bonchev–Trinajstić information content (AvgIpc) is 3.55. The van der Waals surface area contributed by atoms with E-state index >= 15 is 0 Å². The van der Waals surface area contributed by atoms with E-state index in [2.05, 4.69) is 28.6 Å². The molecule has 1 aliphatic heterocycles. The molecule has 6 heteroatoms. The van der Waals surface area contributed by atoms with Gasteiger partial charge >= 0.3 is 5.97 Å². The Morgan fingerprint density at radius 1 is 0.886 bits per heavy atom. The summed E-state index contributed by atoms with van der Waals surface area (Å²) in [5.74, 6) is -0.110. The van der Waals surface area contributed by atoms with E-state index in [9.17, 15) is 4.79 Å². The molecule has 0 unspecified atom stereocenters. The van der Waals surface area contributed by atoms with E-state index in [1.54, 1.807) is 11.3 Å². The molecule has 0 N–H and O–H groups in total. The maximum Gasteiger partial charge on any atom is 0.305 e. The first kappa shape index (κ1) is 30.2. The molecule has 0 saturated carbocycles. The number of thiazole rings is 1. The number of hydrogen-bond donors (Lipinski definition) is 0. The summed E-state index contributed by atoms with van der Waals surface area (Å²) in [6, 6.07) is 0. The maximum atomic E-state index is 12.0. The molecule has 0 amide bonds. The van der Waals surface area contributed by atoms with Gasteiger partial charge in [-0.1, -0.05) is 102 Å². The third kappa shape index (κ3) is 16.4. The number of aromatic nitrogens is 1. The minimum Gasteiger partial charge on any atom is -0.463 e. The number of carbonyl (C=O) groups excluding carboxylic acids is 1. The Labute approximate surface area is 218 Å². The quantitative estimate of drug-likeness (QED) is 0.0858.